The van der Waals surface area contributed by atoms with Crippen LogP contribution in [-0.2, 0) is 17.8 Å². The van der Waals surface area contributed by atoms with Crippen LogP contribution in [0.2, 0.25) is 0 Å². The fraction of sp³-hybridized carbons (Fsp3) is 0.368. The SMILES string of the molecule is COCCCn1c(C)cc(C(=O)Cn2nnc(-c3ccc(Br)cc3)n2)c1C. The molecule has 0 radical (unpaired) electrons. The van der Waals surface area contributed by atoms with Crippen LogP contribution in [0.4, 0.5) is 0 Å². The van der Waals surface area contributed by atoms with E-state index in [2.05, 4.69) is 35.9 Å². The summed E-state index contributed by atoms with van der Waals surface area (Å²) in [4.78, 5) is 14.1. The Labute approximate surface area is 166 Å². The summed E-state index contributed by atoms with van der Waals surface area (Å²) in [7, 11) is 1.69. The van der Waals surface area contributed by atoms with Gasteiger partial charge in [0.1, 0.15) is 6.54 Å². The van der Waals surface area contributed by atoms with E-state index < -0.39 is 0 Å². The Morgan fingerprint density at radius 2 is 1.96 bits per heavy atom. The number of ketones is 1. The number of benzene rings is 1. The highest BCUT2D eigenvalue weighted by atomic mass is 79.9. The molecule has 0 unspecified atom stereocenters. The zero-order valence-corrected chi connectivity index (χ0v) is 17.2. The first kappa shape index (κ1) is 19.4. The molecule has 0 bridgehead atoms. The molecule has 0 aliphatic rings. The molecular weight excluding hydrogens is 410 g/mol. The zero-order valence-electron chi connectivity index (χ0n) is 15.6. The van der Waals surface area contributed by atoms with E-state index in [0.29, 0.717) is 18.0 Å². The van der Waals surface area contributed by atoms with Crippen molar-refractivity contribution in [2.45, 2.75) is 33.4 Å². The van der Waals surface area contributed by atoms with Crippen LogP contribution >= 0.6 is 15.9 Å². The van der Waals surface area contributed by atoms with Crippen LogP contribution in [0.3, 0.4) is 0 Å². The van der Waals surface area contributed by atoms with Gasteiger partial charge in [-0.3, -0.25) is 4.79 Å². The third kappa shape index (κ3) is 4.51. The smallest absolute Gasteiger partial charge is 0.204 e. The first-order valence-electron chi connectivity index (χ1n) is 8.72. The van der Waals surface area contributed by atoms with E-state index in [-0.39, 0.29) is 12.3 Å². The van der Waals surface area contributed by atoms with Crippen molar-refractivity contribution < 1.29 is 9.53 Å². The summed E-state index contributed by atoms with van der Waals surface area (Å²) in [6.45, 7) is 5.56. The van der Waals surface area contributed by atoms with Crippen LogP contribution in [-0.4, -0.2) is 44.3 Å². The van der Waals surface area contributed by atoms with Crippen molar-refractivity contribution in [3.05, 3.63) is 51.8 Å². The van der Waals surface area contributed by atoms with E-state index in [4.69, 9.17) is 4.74 Å². The molecule has 142 valence electrons. The molecule has 0 saturated heterocycles. The van der Waals surface area contributed by atoms with Crippen molar-refractivity contribution in [1.82, 2.24) is 24.8 Å². The van der Waals surface area contributed by atoms with Crippen molar-refractivity contribution in [2.75, 3.05) is 13.7 Å². The Balaban J connectivity index is 1.72. The number of hydrogen-bond acceptors (Lipinski definition) is 5. The second kappa shape index (κ2) is 8.58. The molecule has 27 heavy (non-hydrogen) atoms. The molecule has 0 saturated carbocycles. The lowest BCUT2D eigenvalue weighted by Gasteiger charge is -2.09. The maximum absolute atomic E-state index is 12.7. The molecule has 0 N–H and O–H groups in total. The Bertz CT molecular complexity index is 930. The molecule has 0 fully saturated rings. The fourth-order valence-corrected chi connectivity index (χ4v) is 3.30. The minimum Gasteiger partial charge on any atom is -0.385 e. The van der Waals surface area contributed by atoms with Gasteiger partial charge in [0.25, 0.3) is 0 Å². The molecule has 1 aromatic carbocycles. The Morgan fingerprint density at radius 1 is 1.22 bits per heavy atom. The lowest BCUT2D eigenvalue weighted by atomic mass is 10.1. The lowest BCUT2D eigenvalue weighted by molar-refractivity contribution is 0.0960. The molecule has 2 heterocycles. The van der Waals surface area contributed by atoms with Crippen LogP contribution < -0.4 is 0 Å². The highest BCUT2D eigenvalue weighted by Crippen LogP contribution is 2.19. The van der Waals surface area contributed by atoms with Crippen molar-refractivity contribution >= 4 is 21.7 Å². The van der Waals surface area contributed by atoms with Gasteiger partial charge in [0.2, 0.25) is 5.82 Å². The number of ether oxygens (including phenoxy) is 1. The average Bonchev–Trinajstić information content (AvgIpc) is 3.22. The predicted octanol–water partition coefficient (Wildman–Crippen LogP) is 3.44. The van der Waals surface area contributed by atoms with Gasteiger partial charge in [-0.2, -0.15) is 4.80 Å². The number of carbonyl (C=O) groups excluding carboxylic acids is 1. The van der Waals surface area contributed by atoms with Gasteiger partial charge in [0.15, 0.2) is 5.78 Å². The third-order valence-corrected chi connectivity index (χ3v) is 4.97. The molecule has 0 spiro atoms. The molecule has 0 aliphatic heterocycles. The molecule has 2 aromatic heterocycles. The summed E-state index contributed by atoms with van der Waals surface area (Å²) in [5.41, 5.74) is 3.58. The van der Waals surface area contributed by atoms with E-state index in [1.54, 1.807) is 7.11 Å². The lowest BCUT2D eigenvalue weighted by Crippen LogP contribution is -2.14. The van der Waals surface area contributed by atoms with Gasteiger partial charge in [-0.15, -0.1) is 10.2 Å². The van der Waals surface area contributed by atoms with Gasteiger partial charge < -0.3 is 9.30 Å². The molecule has 0 aliphatic carbocycles. The number of tetrazole rings is 1. The Kier molecular flexibility index (Phi) is 6.18. The van der Waals surface area contributed by atoms with Gasteiger partial charge in [-0.1, -0.05) is 15.9 Å². The predicted molar refractivity (Wildman–Crippen MR) is 106 cm³/mol. The minimum absolute atomic E-state index is 0.0270. The van der Waals surface area contributed by atoms with Gasteiger partial charge in [-0.25, -0.2) is 0 Å². The fourth-order valence-electron chi connectivity index (χ4n) is 3.03. The quantitative estimate of drug-likeness (QED) is 0.403. The number of hydrogen-bond donors (Lipinski definition) is 0. The monoisotopic (exact) mass is 431 g/mol. The van der Waals surface area contributed by atoms with E-state index >= 15 is 0 Å². The normalized spacial score (nSPS) is 11.1. The van der Waals surface area contributed by atoms with E-state index in [9.17, 15) is 4.79 Å². The zero-order chi connectivity index (χ0) is 19.4. The summed E-state index contributed by atoms with van der Waals surface area (Å²) in [5.74, 6) is 0.473. The van der Waals surface area contributed by atoms with E-state index in [1.165, 1.54) is 4.80 Å². The van der Waals surface area contributed by atoms with Gasteiger partial charge >= 0.3 is 0 Å². The summed E-state index contributed by atoms with van der Waals surface area (Å²) in [6.07, 6.45) is 0.904. The number of halogens is 1. The largest absolute Gasteiger partial charge is 0.385 e. The van der Waals surface area contributed by atoms with Gasteiger partial charge in [-0.05, 0) is 55.8 Å². The molecule has 7 nitrogen and oxygen atoms in total. The summed E-state index contributed by atoms with van der Waals surface area (Å²) < 4.78 is 8.24. The van der Waals surface area contributed by atoms with Crippen molar-refractivity contribution in [2.24, 2.45) is 0 Å². The molecule has 0 amide bonds. The second-order valence-electron chi connectivity index (χ2n) is 6.36. The van der Waals surface area contributed by atoms with Crippen molar-refractivity contribution in [3.8, 4) is 11.4 Å². The Morgan fingerprint density at radius 3 is 2.67 bits per heavy atom. The van der Waals surface area contributed by atoms with Gasteiger partial charge in [0.05, 0.1) is 0 Å². The number of nitrogens with zero attached hydrogens (tertiary/aromatic N) is 5. The maximum atomic E-state index is 12.7. The van der Waals surface area contributed by atoms with Crippen LogP contribution in [0.5, 0.6) is 0 Å². The molecule has 0 atom stereocenters. The topological polar surface area (TPSA) is 74.8 Å². The average molecular weight is 432 g/mol. The number of Topliss-reactive ketones (excluding diaryl/α,β-unsaturated/α-hetero) is 1. The van der Waals surface area contributed by atoms with Crippen LogP contribution in [0.25, 0.3) is 11.4 Å². The summed E-state index contributed by atoms with van der Waals surface area (Å²) >= 11 is 3.40. The molecule has 8 heteroatoms. The number of carbonyl (C=O) groups is 1. The number of methoxy groups -OCH3 is 1. The van der Waals surface area contributed by atoms with Crippen LogP contribution in [0.15, 0.2) is 34.8 Å². The first-order chi connectivity index (χ1) is 13.0. The number of aromatic nitrogens is 5. The van der Waals surface area contributed by atoms with Crippen molar-refractivity contribution in [1.29, 1.82) is 0 Å². The molecular formula is C19H22BrN5O2. The van der Waals surface area contributed by atoms with Gasteiger partial charge in [0, 0.05) is 47.2 Å². The minimum atomic E-state index is -0.0270. The second-order valence-corrected chi connectivity index (χ2v) is 7.27. The van der Waals surface area contributed by atoms with E-state index in [1.807, 2.05) is 44.2 Å². The molecule has 3 aromatic rings. The molecule has 3 rings (SSSR count). The van der Waals surface area contributed by atoms with E-state index in [0.717, 1.165) is 34.4 Å². The number of rotatable bonds is 8. The highest BCUT2D eigenvalue weighted by molar-refractivity contribution is 9.10. The maximum Gasteiger partial charge on any atom is 0.204 e. The Hall–Kier alpha value is -2.32. The highest BCUT2D eigenvalue weighted by Gasteiger charge is 2.17. The summed E-state index contributed by atoms with van der Waals surface area (Å²) in [5, 5.41) is 12.4. The van der Waals surface area contributed by atoms with Crippen LogP contribution in [0.1, 0.15) is 28.2 Å². The number of aryl methyl sites for hydroxylation is 1. The standard InChI is InChI=1S/C19H22BrN5O2/c1-13-11-17(14(2)24(13)9-4-10-27-3)18(26)12-25-22-19(21-23-25)15-5-7-16(20)8-6-15/h5-8,11H,4,9-10,12H2,1-3H3. The first-order valence-corrected chi connectivity index (χ1v) is 9.51. The third-order valence-electron chi connectivity index (χ3n) is 4.44. The summed E-state index contributed by atoms with van der Waals surface area (Å²) in [6, 6.07) is 9.57. The van der Waals surface area contributed by atoms with Crippen LogP contribution in [0, 0.1) is 13.8 Å². The van der Waals surface area contributed by atoms with Crippen molar-refractivity contribution in [3.63, 3.8) is 0 Å².